The van der Waals surface area contributed by atoms with E-state index in [2.05, 4.69) is 85.1 Å². The van der Waals surface area contributed by atoms with Crippen LogP contribution in [0, 0.1) is 0 Å². The van der Waals surface area contributed by atoms with Gasteiger partial charge in [0.05, 0.1) is 23.3 Å². The molecule has 0 atom stereocenters. The summed E-state index contributed by atoms with van der Waals surface area (Å²) in [5.41, 5.74) is 6.69. The molecule has 0 fully saturated rings. The molecule has 3 aliphatic rings. The number of hydrogen-bond donors (Lipinski definition) is 2. The van der Waals surface area contributed by atoms with Crippen LogP contribution in [-0.2, 0) is 10.8 Å². The number of allylic oxidation sites excluding steroid dienone is 2. The number of nitrogens with one attached hydrogen (secondary N) is 2. The van der Waals surface area contributed by atoms with Crippen LogP contribution in [0.2, 0.25) is 0 Å². The van der Waals surface area contributed by atoms with Gasteiger partial charge in [-0.2, -0.15) is 0 Å². The molecule has 5 rings (SSSR count). The van der Waals surface area contributed by atoms with E-state index in [-0.39, 0.29) is 10.8 Å². The fraction of sp³-hybridized carbons (Fsp3) is 0.261. The van der Waals surface area contributed by atoms with Gasteiger partial charge in [0, 0.05) is 39.7 Å². The van der Waals surface area contributed by atoms with E-state index < -0.39 is 0 Å². The maximum atomic E-state index is 4.88. The number of aromatic nitrogens is 2. The van der Waals surface area contributed by atoms with E-state index in [1.165, 1.54) is 0 Å². The summed E-state index contributed by atoms with van der Waals surface area (Å²) in [7, 11) is 0. The van der Waals surface area contributed by atoms with Gasteiger partial charge in [-0.15, -0.1) is 0 Å². The largest absolute Gasteiger partial charge is 0.358 e. The topological polar surface area (TPSA) is 68.7 Å². The summed E-state index contributed by atoms with van der Waals surface area (Å²) >= 11 is 0. The minimum atomic E-state index is -0.268. The Bertz CT molecular complexity index is 1060. The summed E-state index contributed by atoms with van der Waals surface area (Å²) in [5.74, 6) is 0.716. The second-order valence-electron chi connectivity index (χ2n) is 8.56. The maximum absolute atomic E-state index is 4.88. The van der Waals surface area contributed by atoms with Crippen LogP contribution in [0.25, 0.3) is 12.2 Å². The predicted octanol–water partition coefficient (Wildman–Crippen LogP) is 4.79. The number of aliphatic imine (C=N–C) groups is 3. The molecule has 8 bridgehead atoms. The quantitative estimate of drug-likeness (QED) is 0.671. The van der Waals surface area contributed by atoms with E-state index in [0.717, 1.165) is 39.9 Å². The highest BCUT2D eigenvalue weighted by molar-refractivity contribution is 6.36. The third kappa shape index (κ3) is 2.58. The van der Waals surface area contributed by atoms with Crippen LogP contribution in [0.15, 0.2) is 62.9 Å². The Kier molecular flexibility index (Phi) is 3.41. The van der Waals surface area contributed by atoms with Gasteiger partial charge in [0.1, 0.15) is 0 Å². The second-order valence-corrected chi connectivity index (χ2v) is 8.56. The number of fused-ring (bicyclic) bond motifs is 6. The lowest BCUT2D eigenvalue weighted by molar-refractivity contribution is 0.697. The Balaban J connectivity index is 1.70. The SMILES string of the molecule is CC1(C)C2=NC(=Cc3ccc([nH]3)C(C)(C)C3=NC(=Cc4ccc1[nH]4)N=C3)C=C2. The van der Waals surface area contributed by atoms with E-state index in [9.17, 15) is 0 Å². The highest BCUT2D eigenvalue weighted by atomic mass is 15.0. The molecule has 5 nitrogen and oxygen atoms in total. The normalized spacial score (nSPS) is 21.3. The summed E-state index contributed by atoms with van der Waals surface area (Å²) in [4.78, 5) is 21.2. The van der Waals surface area contributed by atoms with Gasteiger partial charge in [0.2, 0.25) is 0 Å². The zero-order valence-electron chi connectivity index (χ0n) is 16.5. The first kappa shape index (κ1) is 16.9. The first-order valence-electron chi connectivity index (χ1n) is 9.55. The van der Waals surface area contributed by atoms with E-state index in [1.54, 1.807) is 0 Å². The Labute approximate surface area is 164 Å². The van der Waals surface area contributed by atoms with E-state index >= 15 is 0 Å². The van der Waals surface area contributed by atoms with Crippen molar-refractivity contribution in [1.82, 2.24) is 9.97 Å². The first-order chi connectivity index (χ1) is 13.3. The molecule has 0 saturated heterocycles. The molecule has 5 heterocycles. The number of rotatable bonds is 0. The van der Waals surface area contributed by atoms with Crippen molar-refractivity contribution in [2.24, 2.45) is 15.0 Å². The Hall–Kier alpha value is -3.21. The van der Waals surface area contributed by atoms with Crippen molar-refractivity contribution in [3.8, 4) is 0 Å². The molecule has 2 aromatic rings. The fourth-order valence-electron chi connectivity index (χ4n) is 3.78. The van der Waals surface area contributed by atoms with Gasteiger partial charge < -0.3 is 9.97 Å². The van der Waals surface area contributed by atoms with Gasteiger partial charge in [-0.05, 0) is 70.2 Å². The van der Waals surface area contributed by atoms with Crippen LogP contribution in [0.5, 0.6) is 0 Å². The average Bonchev–Trinajstić information content (AvgIpc) is 3.42. The number of nitrogens with zero attached hydrogens (tertiary/aromatic N) is 3. The Morgan fingerprint density at radius 2 is 1.36 bits per heavy atom. The predicted molar refractivity (Wildman–Crippen MR) is 116 cm³/mol. The molecular formula is C23H23N5. The molecule has 2 aromatic heterocycles. The zero-order valence-corrected chi connectivity index (χ0v) is 16.5. The first-order valence-corrected chi connectivity index (χ1v) is 9.55. The molecule has 0 aromatic carbocycles. The molecule has 140 valence electrons. The van der Waals surface area contributed by atoms with E-state index in [1.807, 2.05) is 12.3 Å². The van der Waals surface area contributed by atoms with Crippen molar-refractivity contribution in [3.05, 3.63) is 70.7 Å². The summed E-state index contributed by atoms with van der Waals surface area (Å²) < 4.78 is 0. The molecule has 0 saturated carbocycles. The Morgan fingerprint density at radius 3 is 2.07 bits per heavy atom. The van der Waals surface area contributed by atoms with Crippen molar-refractivity contribution in [2.45, 2.75) is 38.5 Å². The van der Waals surface area contributed by atoms with Gasteiger partial charge >= 0.3 is 0 Å². The van der Waals surface area contributed by atoms with Crippen molar-refractivity contribution in [1.29, 1.82) is 0 Å². The van der Waals surface area contributed by atoms with Crippen LogP contribution in [0.4, 0.5) is 0 Å². The molecule has 28 heavy (non-hydrogen) atoms. The highest BCUT2D eigenvalue weighted by Crippen LogP contribution is 2.32. The number of aromatic amines is 2. The standard InChI is InChI=1S/C23H23N5/c1-22(2)17-8-5-14(25-17)11-15-6-9-19(26-15)23(3,4)20-13-24-21(28-20)12-16-7-10-18(22)27-16/h5-13,26-27H,1-4H3. The molecule has 0 radical (unpaired) electrons. The summed E-state index contributed by atoms with van der Waals surface area (Å²) in [6.45, 7) is 8.69. The fourth-order valence-corrected chi connectivity index (χ4v) is 3.78. The van der Waals surface area contributed by atoms with Crippen molar-refractivity contribution >= 4 is 29.8 Å². The molecule has 0 spiro atoms. The van der Waals surface area contributed by atoms with Gasteiger partial charge in [-0.25, -0.2) is 9.98 Å². The van der Waals surface area contributed by atoms with Gasteiger partial charge in [-0.1, -0.05) is 0 Å². The van der Waals surface area contributed by atoms with E-state index in [0.29, 0.717) is 5.82 Å². The van der Waals surface area contributed by atoms with Gasteiger partial charge in [0.15, 0.2) is 5.82 Å². The third-order valence-corrected chi connectivity index (χ3v) is 5.85. The monoisotopic (exact) mass is 369 g/mol. The van der Waals surface area contributed by atoms with Crippen molar-refractivity contribution < 1.29 is 0 Å². The minimum absolute atomic E-state index is 0.226. The average molecular weight is 369 g/mol. The third-order valence-electron chi connectivity index (χ3n) is 5.85. The van der Waals surface area contributed by atoms with Crippen LogP contribution < -0.4 is 0 Å². The molecule has 3 aliphatic heterocycles. The number of hydrogen-bond acceptors (Lipinski definition) is 3. The molecule has 0 aliphatic carbocycles. The molecule has 5 heteroatoms. The van der Waals surface area contributed by atoms with Crippen LogP contribution >= 0.6 is 0 Å². The van der Waals surface area contributed by atoms with Crippen LogP contribution in [0.3, 0.4) is 0 Å². The summed E-state index contributed by atoms with van der Waals surface area (Å²) in [5, 5.41) is 0. The zero-order chi connectivity index (χ0) is 19.5. The maximum Gasteiger partial charge on any atom is 0.154 e. The lowest BCUT2D eigenvalue weighted by Crippen LogP contribution is -2.29. The van der Waals surface area contributed by atoms with Crippen molar-refractivity contribution in [2.75, 3.05) is 0 Å². The van der Waals surface area contributed by atoms with Gasteiger partial charge in [-0.3, -0.25) is 4.99 Å². The number of H-pyrrole nitrogens is 2. The van der Waals surface area contributed by atoms with E-state index in [4.69, 9.17) is 9.98 Å². The molecule has 0 amide bonds. The van der Waals surface area contributed by atoms with Crippen molar-refractivity contribution in [3.63, 3.8) is 0 Å². The molecule has 0 unspecified atom stereocenters. The second kappa shape index (κ2) is 5.64. The van der Waals surface area contributed by atoms with Gasteiger partial charge in [0.25, 0.3) is 0 Å². The van der Waals surface area contributed by atoms with Crippen LogP contribution in [-0.4, -0.2) is 27.6 Å². The minimum Gasteiger partial charge on any atom is -0.358 e. The Morgan fingerprint density at radius 1 is 0.714 bits per heavy atom. The molecular weight excluding hydrogens is 346 g/mol. The lowest BCUT2D eigenvalue weighted by atomic mass is 9.84. The summed E-state index contributed by atoms with van der Waals surface area (Å²) in [6, 6.07) is 8.40. The smallest absolute Gasteiger partial charge is 0.154 e. The lowest BCUT2D eigenvalue weighted by Gasteiger charge is -2.22. The summed E-state index contributed by atoms with van der Waals surface area (Å²) in [6.07, 6.45) is 10.1. The highest BCUT2D eigenvalue weighted by Gasteiger charge is 2.31. The molecule has 2 N–H and O–H groups in total. The van der Waals surface area contributed by atoms with Crippen LogP contribution in [0.1, 0.15) is 50.5 Å².